The fourth-order valence-corrected chi connectivity index (χ4v) is 2.91. The highest BCUT2D eigenvalue weighted by Gasteiger charge is 2.48. The van der Waals surface area contributed by atoms with Crippen LogP contribution >= 0.6 is 0 Å². The predicted molar refractivity (Wildman–Crippen MR) is 85.0 cm³/mol. The lowest BCUT2D eigenvalue weighted by molar-refractivity contribution is -0.198. The van der Waals surface area contributed by atoms with Crippen molar-refractivity contribution in [3.63, 3.8) is 0 Å². The van der Waals surface area contributed by atoms with Crippen molar-refractivity contribution in [2.45, 2.75) is 56.5 Å². The van der Waals surface area contributed by atoms with Crippen LogP contribution in [0, 0.1) is 5.92 Å². The maximum Gasteiger partial charge on any atom is 0.391 e. The number of hydrogen-bond donors (Lipinski definition) is 2. The molecule has 1 heterocycles. The predicted octanol–water partition coefficient (Wildman–Crippen LogP) is 3.89. The van der Waals surface area contributed by atoms with Crippen molar-refractivity contribution in [1.29, 1.82) is 0 Å². The van der Waals surface area contributed by atoms with E-state index in [0.717, 1.165) is 0 Å². The van der Waals surface area contributed by atoms with E-state index in [1.54, 1.807) is 6.07 Å². The first-order chi connectivity index (χ1) is 12.1. The van der Waals surface area contributed by atoms with E-state index in [2.05, 4.69) is 15.6 Å². The SMILES string of the molecule is O=C(NCc1ccnc(OC2CC(F)(F)C2)c1)NC1CC(C(F)(F)F)C1.[HH].[HH]. The smallest absolute Gasteiger partial charge is 0.391 e. The van der Waals surface area contributed by atoms with Gasteiger partial charge in [0.05, 0.1) is 5.92 Å². The molecular formula is C16H22F5N3O2. The van der Waals surface area contributed by atoms with Crippen molar-refractivity contribution in [3.8, 4) is 5.88 Å². The van der Waals surface area contributed by atoms with E-state index in [1.807, 2.05) is 0 Å². The third-order valence-corrected chi connectivity index (χ3v) is 4.53. The van der Waals surface area contributed by atoms with Gasteiger partial charge >= 0.3 is 12.2 Å². The standard InChI is InChI=1S/C16H18F5N3O2.2H2/c17-15(18)6-12(7-15)26-13-3-9(1-2-22-13)8-23-14(25)24-11-4-10(5-11)16(19,20)21;;/h1-3,10-12H,4-8H2,(H2,23,24,25);2*1H. The van der Waals surface area contributed by atoms with Gasteiger partial charge in [0.15, 0.2) is 0 Å². The van der Waals surface area contributed by atoms with Crippen molar-refractivity contribution in [2.75, 3.05) is 0 Å². The fourth-order valence-electron chi connectivity index (χ4n) is 2.91. The summed E-state index contributed by atoms with van der Waals surface area (Å²) in [5, 5.41) is 5.02. The molecule has 1 aromatic rings. The third kappa shape index (κ3) is 4.73. The molecule has 0 saturated heterocycles. The molecule has 2 aliphatic rings. The molecule has 2 amide bonds. The van der Waals surface area contributed by atoms with Crippen LogP contribution in [0.2, 0.25) is 0 Å². The van der Waals surface area contributed by atoms with Gasteiger partial charge in [-0.15, -0.1) is 0 Å². The number of amides is 2. The molecule has 0 radical (unpaired) electrons. The second-order valence-electron chi connectivity index (χ2n) is 6.74. The largest absolute Gasteiger partial charge is 0.474 e. The lowest BCUT2D eigenvalue weighted by atomic mass is 9.80. The molecule has 1 aromatic heterocycles. The second-order valence-corrected chi connectivity index (χ2v) is 6.74. The van der Waals surface area contributed by atoms with Crippen LogP contribution in [0.25, 0.3) is 0 Å². The molecule has 2 aliphatic carbocycles. The monoisotopic (exact) mass is 383 g/mol. The molecule has 26 heavy (non-hydrogen) atoms. The maximum absolute atomic E-state index is 12.8. The normalized spacial score (nSPS) is 25.0. The van der Waals surface area contributed by atoms with Crippen LogP contribution in [0.3, 0.4) is 0 Å². The summed E-state index contributed by atoms with van der Waals surface area (Å²) in [6.07, 6.45) is -4.29. The zero-order valence-electron chi connectivity index (χ0n) is 13.7. The van der Waals surface area contributed by atoms with Crippen molar-refractivity contribution < 1.29 is 34.3 Å². The summed E-state index contributed by atoms with van der Waals surface area (Å²) in [5.74, 6) is -3.85. The van der Waals surface area contributed by atoms with E-state index < -0.39 is 36.2 Å². The number of nitrogens with zero attached hydrogens (tertiary/aromatic N) is 1. The minimum atomic E-state index is -4.22. The molecule has 0 spiro atoms. The van der Waals surface area contributed by atoms with Gasteiger partial charge in [0.25, 0.3) is 5.92 Å². The number of ether oxygens (including phenoxy) is 1. The molecule has 3 rings (SSSR count). The van der Waals surface area contributed by atoms with E-state index in [0.29, 0.717) is 5.56 Å². The molecule has 0 unspecified atom stereocenters. The first kappa shape index (κ1) is 18.7. The molecule has 5 nitrogen and oxygen atoms in total. The summed E-state index contributed by atoms with van der Waals surface area (Å²) in [6.45, 7) is 0.112. The van der Waals surface area contributed by atoms with E-state index in [1.165, 1.54) is 12.3 Å². The molecule has 0 aromatic carbocycles. The van der Waals surface area contributed by atoms with Gasteiger partial charge in [0, 0.05) is 40.5 Å². The number of aromatic nitrogens is 1. The average molecular weight is 383 g/mol. The van der Waals surface area contributed by atoms with Crippen molar-refractivity contribution in [2.24, 2.45) is 5.92 Å². The van der Waals surface area contributed by atoms with Gasteiger partial charge in [-0.1, -0.05) is 0 Å². The Bertz CT molecular complexity index is 664. The summed E-state index contributed by atoms with van der Waals surface area (Å²) in [7, 11) is 0. The van der Waals surface area contributed by atoms with Crippen LogP contribution in [0.15, 0.2) is 18.3 Å². The Morgan fingerprint density at radius 2 is 2.04 bits per heavy atom. The quantitative estimate of drug-likeness (QED) is 0.759. The molecule has 2 saturated carbocycles. The Balaban J connectivity index is 0.00000196. The van der Waals surface area contributed by atoms with Gasteiger partial charge < -0.3 is 15.4 Å². The number of alkyl halides is 5. The van der Waals surface area contributed by atoms with Crippen LogP contribution in [-0.2, 0) is 6.54 Å². The summed E-state index contributed by atoms with van der Waals surface area (Å²) in [5.41, 5.74) is 0.637. The Labute approximate surface area is 149 Å². The summed E-state index contributed by atoms with van der Waals surface area (Å²) < 4.78 is 68.1. The highest BCUT2D eigenvalue weighted by molar-refractivity contribution is 5.74. The summed E-state index contributed by atoms with van der Waals surface area (Å²) in [4.78, 5) is 15.7. The van der Waals surface area contributed by atoms with Crippen molar-refractivity contribution in [1.82, 2.24) is 15.6 Å². The molecular weight excluding hydrogens is 361 g/mol. The summed E-state index contributed by atoms with van der Waals surface area (Å²) >= 11 is 0. The van der Waals surface area contributed by atoms with Gasteiger partial charge in [0.2, 0.25) is 5.88 Å². The number of urea groups is 1. The Morgan fingerprint density at radius 1 is 1.35 bits per heavy atom. The molecule has 0 aliphatic heterocycles. The van der Waals surface area contributed by atoms with Crippen LogP contribution in [0.5, 0.6) is 5.88 Å². The molecule has 10 heteroatoms. The lowest BCUT2D eigenvalue weighted by Crippen LogP contribution is -2.51. The number of pyridine rings is 1. The number of rotatable bonds is 5. The van der Waals surface area contributed by atoms with Gasteiger partial charge in [-0.3, -0.25) is 0 Å². The van der Waals surface area contributed by atoms with Gasteiger partial charge in [-0.05, 0) is 24.5 Å². The van der Waals surface area contributed by atoms with Crippen LogP contribution in [0.1, 0.15) is 34.1 Å². The van der Waals surface area contributed by atoms with E-state index in [-0.39, 0.29) is 41.0 Å². The van der Waals surface area contributed by atoms with E-state index in [9.17, 15) is 26.7 Å². The number of hydrogen-bond acceptors (Lipinski definition) is 3. The van der Waals surface area contributed by atoms with Gasteiger partial charge in [-0.2, -0.15) is 13.2 Å². The number of halogens is 5. The average Bonchev–Trinajstić information content (AvgIpc) is 2.46. The lowest BCUT2D eigenvalue weighted by Gasteiger charge is -2.36. The second kappa shape index (κ2) is 6.88. The highest BCUT2D eigenvalue weighted by atomic mass is 19.4. The minimum Gasteiger partial charge on any atom is -0.474 e. The molecule has 0 bridgehead atoms. The van der Waals surface area contributed by atoms with E-state index >= 15 is 0 Å². The molecule has 0 atom stereocenters. The third-order valence-electron chi connectivity index (χ3n) is 4.53. The number of nitrogens with one attached hydrogen (secondary N) is 2. The van der Waals surface area contributed by atoms with Crippen LogP contribution in [-0.4, -0.2) is 35.3 Å². The Kier molecular flexibility index (Phi) is 4.94. The first-order valence-corrected chi connectivity index (χ1v) is 8.21. The highest BCUT2D eigenvalue weighted by Crippen LogP contribution is 2.41. The summed E-state index contributed by atoms with van der Waals surface area (Å²) in [6, 6.07) is 2.09. The topological polar surface area (TPSA) is 63.2 Å². The maximum atomic E-state index is 12.8. The zero-order valence-corrected chi connectivity index (χ0v) is 13.7. The Morgan fingerprint density at radius 3 is 2.65 bits per heavy atom. The van der Waals surface area contributed by atoms with Crippen molar-refractivity contribution in [3.05, 3.63) is 23.9 Å². The molecule has 2 N–H and O–H groups in total. The number of carbonyl (C=O) groups is 1. The Hall–Kier alpha value is -2.13. The minimum absolute atomic E-state index is 0. The number of carbonyl (C=O) groups excluding carboxylic acids is 1. The fraction of sp³-hybridized carbons (Fsp3) is 0.625. The molecule has 2 fully saturated rings. The zero-order chi connectivity index (χ0) is 18.9. The first-order valence-electron chi connectivity index (χ1n) is 8.21. The van der Waals surface area contributed by atoms with Crippen LogP contribution < -0.4 is 15.4 Å². The van der Waals surface area contributed by atoms with Gasteiger partial charge in [-0.25, -0.2) is 18.6 Å². The van der Waals surface area contributed by atoms with E-state index in [4.69, 9.17) is 4.74 Å². The molecule has 148 valence electrons. The van der Waals surface area contributed by atoms with Crippen LogP contribution in [0.4, 0.5) is 26.7 Å². The van der Waals surface area contributed by atoms with Gasteiger partial charge in [0.1, 0.15) is 6.10 Å². The van der Waals surface area contributed by atoms with Crippen molar-refractivity contribution >= 4 is 6.03 Å².